The van der Waals surface area contributed by atoms with Crippen molar-refractivity contribution >= 4 is 24.1 Å². The largest absolute Gasteiger partial charge is 0.423 e. The summed E-state index contributed by atoms with van der Waals surface area (Å²) in [5, 5.41) is 0. The average molecular weight is 384 g/mol. The molecule has 29 heavy (non-hydrogen) atoms. The highest BCUT2D eigenvalue weighted by Gasteiger charge is 2.08. The highest BCUT2D eigenvalue weighted by Crippen LogP contribution is 2.24. The molecule has 0 saturated carbocycles. The van der Waals surface area contributed by atoms with Crippen LogP contribution in [0, 0.1) is 6.92 Å². The molecule has 0 atom stereocenters. The number of ether oxygens (including phenoxy) is 2. The minimum atomic E-state index is -0.483. The summed E-state index contributed by atoms with van der Waals surface area (Å²) in [5.74, 6) is -0.173. The number of carbonyl (C=O) groups excluding carboxylic acids is 2. The molecule has 0 saturated heterocycles. The Hall–Kier alpha value is -3.92. The summed E-state index contributed by atoms with van der Waals surface area (Å²) in [7, 11) is 0. The predicted octanol–water partition coefficient (Wildman–Crippen LogP) is 5.23. The van der Waals surface area contributed by atoms with Gasteiger partial charge in [0.2, 0.25) is 0 Å². The lowest BCUT2D eigenvalue weighted by atomic mass is 10.2. The second-order valence-electron chi connectivity index (χ2n) is 6.26. The lowest BCUT2D eigenvalue weighted by Gasteiger charge is -2.08. The minimum absolute atomic E-state index is 0.379. The quantitative estimate of drug-likeness (QED) is 0.332. The molecule has 0 heterocycles. The van der Waals surface area contributed by atoms with Crippen LogP contribution in [0.2, 0.25) is 0 Å². The zero-order valence-corrected chi connectivity index (χ0v) is 15.9. The first-order valence-corrected chi connectivity index (χ1v) is 9.11. The normalized spacial score (nSPS) is 10.9. The van der Waals surface area contributed by atoms with Gasteiger partial charge in [-0.05, 0) is 54.0 Å². The van der Waals surface area contributed by atoms with Crippen LogP contribution >= 0.6 is 0 Å². The first-order valence-electron chi connectivity index (χ1n) is 9.11. The molecule has 3 aromatic carbocycles. The zero-order chi connectivity index (χ0) is 20.5. The first-order chi connectivity index (χ1) is 14.1. The Morgan fingerprint density at radius 1 is 0.690 bits per heavy atom. The maximum Gasteiger partial charge on any atom is 0.336 e. The zero-order valence-electron chi connectivity index (χ0n) is 15.9. The lowest BCUT2D eigenvalue weighted by Crippen LogP contribution is -2.06. The van der Waals surface area contributed by atoms with Crippen LogP contribution in [-0.2, 0) is 9.59 Å². The molecule has 0 radical (unpaired) electrons. The topological polar surface area (TPSA) is 52.6 Å². The molecular weight excluding hydrogens is 364 g/mol. The van der Waals surface area contributed by atoms with Gasteiger partial charge in [-0.3, -0.25) is 0 Å². The van der Waals surface area contributed by atoms with E-state index >= 15 is 0 Å². The van der Waals surface area contributed by atoms with Crippen molar-refractivity contribution in [3.8, 4) is 11.5 Å². The molecule has 0 aliphatic rings. The van der Waals surface area contributed by atoms with Crippen LogP contribution in [0.25, 0.3) is 12.2 Å². The highest BCUT2D eigenvalue weighted by atomic mass is 16.5. The molecule has 0 bridgehead atoms. The van der Waals surface area contributed by atoms with Gasteiger partial charge in [-0.2, -0.15) is 0 Å². The monoisotopic (exact) mass is 384 g/mol. The fourth-order valence-corrected chi connectivity index (χ4v) is 2.55. The van der Waals surface area contributed by atoms with Crippen molar-refractivity contribution in [3.63, 3.8) is 0 Å². The minimum Gasteiger partial charge on any atom is -0.423 e. The molecule has 3 rings (SSSR count). The van der Waals surface area contributed by atoms with E-state index in [1.54, 1.807) is 37.3 Å². The molecule has 4 heteroatoms. The molecule has 0 N–H and O–H groups in total. The van der Waals surface area contributed by atoms with Gasteiger partial charge in [-0.1, -0.05) is 60.7 Å². The molecule has 0 unspecified atom stereocenters. The summed E-state index contributed by atoms with van der Waals surface area (Å²) in [5.41, 5.74) is 2.50. The Labute approximate surface area is 169 Å². The van der Waals surface area contributed by atoms with Crippen LogP contribution in [0.5, 0.6) is 11.5 Å². The molecule has 144 valence electrons. The van der Waals surface area contributed by atoms with Crippen molar-refractivity contribution in [2.24, 2.45) is 0 Å². The van der Waals surface area contributed by atoms with Gasteiger partial charge >= 0.3 is 11.9 Å². The summed E-state index contributed by atoms with van der Waals surface area (Å²) in [4.78, 5) is 24.0. The fraction of sp³-hybridized carbons (Fsp3) is 0.0400. The van der Waals surface area contributed by atoms with Gasteiger partial charge < -0.3 is 9.47 Å². The standard InChI is InChI=1S/C25H20O4/c1-19-18-22(28-24(26)16-12-20-8-4-2-5-9-20)14-15-23(19)29-25(27)17-13-21-10-6-3-7-11-21/h2-18H,1H3/b16-12-,17-13-. The van der Waals surface area contributed by atoms with Gasteiger partial charge in [0.05, 0.1) is 0 Å². The molecule has 3 aromatic rings. The number of hydrogen-bond acceptors (Lipinski definition) is 4. The Bertz CT molecular complexity index is 1030. The molecule has 0 aliphatic heterocycles. The number of rotatable bonds is 6. The molecule has 0 spiro atoms. The van der Waals surface area contributed by atoms with Gasteiger partial charge in [0.15, 0.2) is 0 Å². The molecule has 0 aliphatic carbocycles. The van der Waals surface area contributed by atoms with E-state index in [9.17, 15) is 9.59 Å². The van der Waals surface area contributed by atoms with Gasteiger partial charge in [0.1, 0.15) is 11.5 Å². The Balaban J connectivity index is 1.58. The fourth-order valence-electron chi connectivity index (χ4n) is 2.55. The predicted molar refractivity (Wildman–Crippen MR) is 113 cm³/mol. The third-order valence-electron chi connectivity index (χ3n) is 4.00. The van der Waals surface area contributed by atoms with E-state index in [1.807, 2.05) is 60.7 Å². The summed E-state index contributed by atoms with van der Waals surface area (Å²) in [6.07, 6.45) is 6.11. The summed E-state index contributed by atoms with van der Waals surface area (Å²) >= 11 is 0. The summed E-state index contributed by atoms with van der Waals surface area (Å²) in [6.45, 7) is 1.78. The Kier molecular flexibility index (Phi) is 6.74. The average Bonchev–Trinajstić information content (AvgIpc) is 2.74. The second-order valence-corrected chi connectivity index (χ2v) is 6.26. The Morgan fingerprint density at radius 3 is 1.72 bits per heavy atom. The molecule has 0 amide bonds. The van der Waals surface area contributed by atoms with E-state index < -0.39 is 11.9 Å². The summed E-state index contributed by atoms with van der Waals surface area (Å²) in [6, 6.07) is 23.8. The first kappa shape index (κ1) is 19.8. The molecule has 0 aromatic heterocycles. The van der Waals surface area contributed by atoms with Crippen LogP contribution in [-0.4, -0.2) is 11.9 Å². The van der Waals surface area contributed by atoms with Crippen LogP contribution in [0.4, 0.5) is 0 Å². The highest BCUT2D eigenvalue weighted by molar-refractivity contribution is 5.89. The summed E-state index contributed by atoms with van der Waals surface area (Å²) < 4.78 is 10.7. The van der Waals surface area contributed by atoms with Crippen molar-refractivity contribution < 1.29 is 19.1 Å². The maximum absolute atomic E-state index is 12.0. The van der Waals surface area contributed by atoms with E-state index in [4.69, 9.17) is 9.47 Å². The van der Waals surface area contributed by atoms with Crippen LogP contribution in [0.15, 0.2) is 91.0 Å². The van der Waals surface area contributed by atoms with Crippen LogP contribution in [0.1, 0.15) is 16.7 Å². The number of aryl methyl sites for hydroxylation is 1. The van der Waals surface area contributed by atoms with Crippen molar-refractivity contribution in [2.45, 2.75) is 6.92 Å². The molecule has 0 fully saturated rings. The van der Waals surface area contributed by atoms with E-state index in [0.717, 1.165) is 11.1 Å². The van der Waals surface area contributed by atoms with E-state index in [-0.39, 0.29) is 0 Å². The van der Waals surface area contributed by atoms with E-state index in [0.29, 0.717) is 17.1 Å². The number of carbonyl (C=O) groups is 2. The van der Waals surface area contributed by atoms with Gasteiger partial charge in [0, 0.05) is 12.2 Å². The maximum atomic E-state index is 12.0. The third kappa shape index (κ3) is 6.33. The molecular formula is C25H20O4. The van der Waals surface area contributed by atoms with Gasteiger partial charge in [0.25, 0.3) is 0 Å². The van der Waals surface area contributed by atoms with Crippen LogP contribution < -0.4 is 9.47 Å². The number of esters is 2. The number of benzene rings is 3. The van der Waals surface area contributed by atoms with Gasteiger partial charge in [-0.15, -0.1) is 0 Å². The Morgan fingerprint density at radius 2 is 1.21 bits per heavy atom. The lowest BCUT2D eigenvalue weighted by molar-refractivity contribution is -0.130. The second kappa shape index (κ2) is 9.85. The van der Waals surface area contributed by atoms with Crippen molar-refractivity contribution in [1.29, 1.82) is 0 Å². The van der Waals surface area contributed by atoms with Crippen molar-refractivity contribution in [1.82, 2.24) is 0 Å². The van der Waals surface area contributed by atoms with Crippen LogP contribution in [0.3, 0.4) is 0 Å². The van der Waals surface area contributed by atoms with Crippen molar-refractivity contribution in [2.75, 3.05) is 0 Å². The SMILES string of the molecule is Cc1cc(OC(=O)/C=C\c2ccccc2)ccc1OC(=O)/C=C\c1ccccc1. The molecule has 4 nitrogen and oxygen atoms in total. The van der Waals surface area contributed by atoms with E-state index in [1.165, 1.54) is 12.2 Å². The third-order valence-corrected chi connectivity index (χ3v) is 4.00. The smallest absolute Gasteiger partial charge is 0.336 e. The van der Waals surface area contributed by atoms with E-state index in [2.05, 4.69) is 0 Å². The number of hydrogen-bond donors (Lipinski definition) is 0. The van der Waals surface area contributed by atoms with Gasteiger partial charge in [-0.25, -0.2) is 9.59 Å². The van der Waals surface area contributed by atoms with Crippen molar-refractivity contribution in [3.05, 3.63) is 108 Å².